The molecule has 2 heterocycles. The monoisotopic (exact) mass is 300 g/mol. The van der Waals surface area contributed by atoms with Gasteiger partial charge >= 0.3 is 0 Å². The minimum Gasteiger partial charge on any atom is -0.0933 e. The number of hydrogen-bond donors (Lipinski definition) is 0. The second-order valence-electron chi connectivity index (χ2n) is 6.72. The van der Waals surface area contributed by atoms with Crippen molar-refractivity contribution >= 4 is 15.8 Å². The highest BCUT2D eigenvalue weighted by Gasteiger charge is 2.44. The minimum atomic E-state index is 0.322. The van der Waals surface area contributed by atoms with Crippen molar-refractivity contribution in [2.24, 2.45) is 0 Å². The first-order chi connectivity index (χ1) is 9.13. The molecule has 0 saturated carbocycles. The fourth-order valence-corrected chi connectivity index (χ4v) is 15.3. The van der Waals surface area contributed by atoms with Crippen LogP contribution in [0.25, 0.3) is 0 Å². The van der Waals surface area contributed by atoms with Crippen LogP contribution < -0.4 is 0 Å². The van der Waals surface area contributed by atoms with Gasteiger partial charge in [0.2, 0.25) is 0 Å². The van der Waals surface area contributed by atoms with Gasteiger partial charge < -0.3 is 0 Å². The molecule has 0 N–H and O–H groups in total. The minimum absolute atomic E-state index is 0.322. The van der Waals surface area contributed by atoms with Crippen molar-refractivity contribution in [3.8, 4) is 0 Å². The van der Waals surface area contributed by atoms with Crippen LogP contribution in [0.2, 0.25) is 0 Å². The van der Waals surface area contributed by atoms with Gasteiger partial charge in [-0.2, -0.15) is 0 Å². The zero-order valence-electron chi connectivity index (χ0n) is 13.7. The second-order valence-corrected chi connectivity index (χ2v) is 13.5. The summed E-state index contributed by atoms with van der Waals surface area (Å²) in [6.07, 6.45) is 10.6. The molecule has 2 fully saturated rings. The van der Waals surface area contributed by atoms with E-state index in [0.717, 1.165) is 28.0 Å². The van der Waals surface area contributed by atoms with E-state index in [9.17, 15) is 0 Å². The summed E-state index contributed by atoms with van der Waals surface area (Å²) >= 11 is 0. The highest BCUT2D eigenvalue weighted by Crippen LogP contribution is 2.73. The zero-order valence-corrected chi connectivity index (χ0v) is 15.5. The summed E-state index contributed by atoms with van der Waals surface area (Å²) < 4.78 is 0. The van der Waals surface area contributed by atoms with Crippen molar-refractivity contribution < 1.29 is 0 Å². The van der Waals surface area contributed by atoms with E-state index in [1.165, 1.54) is 25.7 Å². The molecule has 2 saturated heterocycles. The van der Waals surface area contributed by atoms with Crippen molar-refractivity contribution in [3.63, 3.8) is 0 Å². The van der Waals surface area contributed by atoms with Gasteiger partial charge in [-0.3, -0.25) is 0 Å². The lowest BCUT2D eigenvalue weighted by atomic mass is 10.1. The van der Waals surface area contributed by atoms with E-state index >= 15 is 0 Å². The van der Waals surface area contributed by atoms with Gasteiger partial charge in [0, 0.05) is 0 Å². The van der Waals surface area contributed by atoms with Crippen LogP contribution in [-0.2, 0) is 0 Å². The predicted octanol–water partition coefficient (Wildman–Crippen LogP) is 6.61. The maximum absolute atomic E-state index is 2.68. The Labute approximate surface area is 124 Å². The first-order valence-electron chi connectivity index (χ1n) is 8.68. The molecular formula is C17H34P2. The third kappa shape index (κ3) is 3.21. The average Bonchev–Trinajstić information content (AvgIpc) is 3.00. The topological polar surface area (TPSA) is 0 Å². The van der Waals surface area contributed by atoms with E-state index in [0.29, 0.717) is 15.8 Å². The molecule has 2 heteroatoms. The van der Waals surface area contributed by atoms with Gasteiger partial charge in [0.1, 0.15) is 0 Å². The van der Waals surface area contributed by atoms with Crippen LogP contribution in [0.5, 0.6) is 0 Å². The second kappa shape index (κ2) is 7.22. The molecule has 0 spiro atoms. The molecule has 0 aromatic rings. The molecular weight excluding hydrogens is 266 g/mol. The standard InChI is InChI=1S/C17H34P2/c1-6-15-10-9-13(4)18(15)14(5)19-16(7-2)11-12-17(19)8-3/h13-17H,6-12H2,1-5H3/t13-,14?,15-,16-,17-,18?/m1/s1. The summed E-state index contributed by atoms with van der Waals surface area (Å²) in [6, 6.07) is 0. The van der Waals surface area contributed by atoms with Crippen LogP contribution in [0.15, 0.2) is 0 Å². The molecule has 0 aromatic heterocycles. The lowest BCUT2D eigenvalue weighted by molar-refractivity contribution is 0.696. The molecule has 0 aliphatic carbocycles. The number of hydrogen-bond acceptors (Lipinski definition) is 0. The maximum atomic E-state index is 2.68. The Morgan fingerprint density at radius 2 is 1.21 bits per heavy atom. The van der Waals surface area contributed by atoms with Crippen molar-refractivity contribution in [3.05, 3.63) is 0 Å². The average molecular weight is 300 g/mol. The molecule has 0 amide bonds. The first-order valence-corrected chi connectivity index (χ1v) is 11.8. The summed E-state index contributed by atoms with van der Waals surface area (Å²) in [5.41, 5.74) is 4.40. The quantitative estimate of drug-likeness (QED) is 0.501. The van der Waals surface area contributed by atoms with Crippen molar-refractivity contribution in [2.45, 2.75) is 108 Å². The van der Waals surface area contributed by atoms with Gasteiger partial charge in [-0.25, -0.2) is 0 Å². The Balaban J connectivity index is 2.13. The predicted molar refractivity (Wildman–Crippen MR) is 93.5 cm³/mol. The first kappa shape index (κ1) is 16.2. The lowest BCUT2D eigenvalue weighted by Gasteiger charge is -2.39. The van der Waals surface area contributed by atoms with Crippen molar-refractivity contribution in [1.29, 1.82) is 0 Å². The lowest BCUT2D eigenvalue weighted by Crippen LogP contribution is -2.17. The third-order valence-corrected chi connectivity index (χ3v) is 14.8. The van der Waals surface area contributed by atoms with Crippen LogP contribution in [0, 0.1) is 0 Å². The molecule has 2 unspecified atom stereocenters. The highest BCUT2D eigenvalue weighted by atomic mass is 31.2. The molecule has 2 aliphatic rings. The fraction of sp³-hybridized carbons (Fsp3) is 1.00. The maximum Gasteiger partial charge on any atom is -0.00243 e. The van der Waals surface area contributed by atoms with E-state index in [2.05, 4.69) is 34.6 Å². The Morgan fingerprint density at radius 1 is 0.789 bits per heavy atom. The summed E-state index contributed by atoms with van der Waals surface area (Å²) in [5.74, 6) is 0. The molecule has 0 aromatic carbocycles. The van der Waals surface area contributed by atoms with E-state index in [1.54, 1.807) is 19.3 Å². The molecule has 112 valence electrons. The molecule has 2 rings (SSSR count). The highest BCUT2D eigenvalue weighted by molar-refractivity contribution is 7.77. The molecule has 0 nitrogen and oxygen atoms in total. The molecule has 2 aliphatic heterocycles. The van der Waals surface area contributed by atoms with Crippen LogP contribution in [-0.4, -0.2) is 28.0 Å². The summed E-state index contributed by atoms with van der Waals surface area (Å²) in [5, 5.41) is 1.10. The Bertz CT molecular complexity index is 266. The summed E-state index contributed by atoms with van der Waals surface area (Å²) in [4.78, 5) is 0. The Morgan fingerprint density at radius 3 is 1.68 bits per heavy atom. The Kier molecular flexibility index (Phi) is 6.17. The van der Waals surface area contributed by atoms with Crippen LogP contribution in [0.1, 0.15) is 79.6 Å². The van der Waals surface area contributed by atoms with E-state index in [4.69, 9.17) is 0 Å². The SMILES string of the molecule is CC[C@@H]1CC[C@@H](CC)P1C(C)P1[C@H](CC)CC[C@H]1C. The van der Waals surface area contributed by atoms with Crippen molar-refractivity contribution in [1.82, 2.24) is 0 Å². The molecule has 0 radical (unpaired) electrons. The van der Waals surface area contributed by atoms with E-state index < -0.39 is 0 Å². The largest absolute Gasteiger partial charge is 0.0933 e. The van der Waals surface area contributed by atoms with Gasteiger partial charge in [-0.15, -0.1) is 0 Å². The van der Waals surface area contributed by atoms with E-state index in [-0.39, 0.29) is 0 Å². The van der Waals surface area contributed by atoms with Gasteiger partial charge in [-0.1, -0.05) is 50.5 Å². The van der Waals surface area contributed by atoms with Crippen LogP contribution >= 0.6 is 15.8 Å². The summed E-state index contributed by atoms with van der Waals surface area (Å²) in [6.45, 7) is 12.6. The Hall–Kier alpha value is 0.860. The molecule has 0 bridgehead atoms. The molecule has 19 heavy (non-hydrogen) atoms. The normalized spacial score (nSPS) is 41.8. The van der Waals surface area contributed by atoms with Gasteiger partial charge in [0.25, 0.3) is 0 Å². The summed E-state index contributed by atoms with van der Waals surface area (Å²) in [7, 11) is 0.647. The molecule has 6 atom stereocenters. The van der Waals surface area contributed by atoms with Gasteiger partial charge in [0.15, 0.2) is 0 Å². The van der Waals surface area contributed by atoms with Crippen molar-refractivity contribution in [2.75, 3.05) is 0 Å². The zero-order chi connectivity index (χ0) is 14.0. The smallest absolute Gasteiger partial charge is 0.00243 e. The van der Waals surface area contributed by atoms with Crippen LogP contribution in [0.4, 0.5) is 0 Å². The third-order valence-electron chi connectivity index (χ3n) is 5.80. The van der Waals surface area contributed by atoms with Gasteiger partial charge in [-0.05, 0) is 73.0 Å². The van der Waals surface area contributed by atoms with Gasteiger partial charge in [0.05, 0.1) is 0 Å². The van der Waals surface area contributed by atoms with E-state index in [1.807, 2.05) is 0 Å². The number of rotatable bonds is 5. The van der Waals surface area contributed by atoms with Crippen LogP contribution in [0.3, 0.4) is 0 Å². The fourth-order valence-electron chi connectivity index (χ4n) is 4.76.